The molecule has 1 aromatic rings. The average Bonchev–Trinajstić information content (AvgIpc) is 2.62. The molecule has 0 radical (unpaired) electrons. The van der Waals surface area contributed by atoms with Crippen molar-refractivity contribution in [2.45, 2.75) is 43.5 Å². The van der Waals surface area contributed by atoms with Crippen molar-refractivity contribution in [1.82, 2.24) is 4.90 Å². The summed E-state index contributed by atoms with van der Waals surface area (Å²) in [5, 5.41) is 0. The molecule has 0 spiro atoms. The number of halogens is 1. The van der Waals surface area contributed by atoms with Crippen LogP contribution in [0.25, 0.3) is 0 Å². The van der Waals surface area contributed by atoms with E-state index in [1.807, 2.05) is 4.90 Å². The molecular weight excluding hydrogens is 298 g/mol. The number of carbonyl (C=O) groups excluding carboxylic acids is 1. The van der Waals surface area contributed by atoms with Crippen LogP contribution in [0, 0.1) is 0 Å². The SMILES string of the molecule is CC1CCCCCN1C(=O)c1ccc(S(=O)(=O)Cl)cc1. The second-order valence-electron chi connectivity index (χ2n) is 5.16. The smallest absolute Gasteiger partial charge is 0.261 e. The van der Waals surface area contributed by atoms with Crippen LogP contribution in [0.2, 0.25) is 0 Å². The molecular formula is C14H18ClNO3S. The van der Waals surface area contributed by atoms with E-state index in [9.17, 15) is 13.2 Å². The predicted octanol–water partition coefficient (Wildman–Crippen LogP) is 3.02. The van der Waals surface area contributed by atoms with Gasteiger partial charge in [0.2, 0.25) is 0 Å². The van der Waals surface area contributed by atoms with Crippen LogP contribution in [-0.2, 0) is 9.05 Å². The van der Waals surface area contributed by atoms with Gasteiger partial charge in [0.25, 0.3) is 15.0 Å². The highest BCUT2D eigenvalue weighted by Crippen LogP contribution is 2.20. The molecule has 1 saturated heterocycles. The second kappa shape index (κ2) is 6.14. The Kier molecular flexibility index (Phi) is 4.70. The summed E-state index contributed by atoms with van der Waals surface area (Å²) in [5.74, 6) is -0.0436. The van der Waals surface area contributed by atoms with Crippen LogP contribution in [0.15, 0.2) is 29.2 Å². The van der Waals surface area contributed by atoms with E-state index < -0.39 is 9.05 Å². The van der Waals surface area contributed by atoms with Crippen LogP contribution in [-0.4, -0.2) is 31.8 Å². The first-order valence-electron chi connectivity index (χ1n) is 6.75. The van der Waals surface area contributed by atoms with Crippen LogP contribution in [0.5, 0.6) is 0 Å². The van der Waals surface area contributed by atoms with Crippen molar-refractivity contribution in [1.29, 1.82) is 0 Å². The summed E-state index contributed by atoms with van der Waals surface area (Å²) in [6.45, 7) is 2.82. The van der Waals surface area contributed by atoms with Gasteiger partial charge in [-0.05, 0) is 44.0 Å². The normalized spacial score (nSPS) is 20.5. The highest BCUT2D eigenvalue weighted by molar-refractivity contribution is 8.13. The topological polar surface area (TPSA) is 54.5 Å². The highest BCUT2D eigenvalue weighted by atomic mass is 35.7. The monoisotopic (exact) mass is 315 g/mol. The van der Waals surface area contributed by atoms with Crippen molar-refractivity contribution < 1.29 is 13.2 Å². The molecule has 0 N–H and O–H groups in total. The fourth-order valence-corrected chi connectivity index (χ4v) is 3.27. The number of hydrogen-bond acceptors (Lipinski definition) is 3. The van der Waals surface area contributed by atoms with Gasteiger partial charge in [0.1, 0.15) is 0 Å². The number of nitrogens with zero attached hydrogens (tertiary/aromatic N) is 1. The number of amides is 1. The van der Waals surface area contributed by atoms with Crippen LogP contribution in [0.1, 0.15) is 43.0 Å². The van der Waals surface area contributed by atoms with Crippen molar-refractivity contribution in [3.8, 4) is 0 Å². The summed E-state index contributed by atoms with van der Waals surface area (Å²) < 4.78 is 22.4. The lowest BCUT2D eigenvalue weighted by Gasteiger charge is -2.27. The van der Waals surface area contributed by atoms with Crippen molar-refractivity contribution in [2.75, 3.05) is 6.54 Å². The molecule has 110 valence electrons. The second-order valence-corrected chi connectivity index (χ2v) is 7.73. The van der Waals surface area contributed by atoms with E-state index in [1.165, 1.54) is 24.3 Å². The zero-order valence-electron chi connectivity index (χ0n) is 11.4. The minimum absolute atomic E-state index is 0.0135. The van der Waals surface area contributed by atoms with Crippen molar-refractivity contribution >= 4 is 25.6 Å². The molecule has 1 aromatic carbocycles. The molecule has 1 aliphatic heterocycles. The molecule has 1 heterocycles. The molecule has 6 heteroatoms. The first-order chi connectivity index (χ1) is 9.39. The van der Waals surface area contributed by atoms with Crippen molar-refractivity contribution in [3.05, 3.63) is 29.8 Å². The molecule has 1 aliphatic rings. The zero-order chi connectivity index (χ0) is 14.8. The van der Waals surface area contributed by atoms with Gasteiger partial charge in [0.05, 0.1) is 4.90 Å². The van der Waals surface area contributed by atoms with E-state index in [0.717, 1.165) is 32.2 Å². The summed E-state index contributed by atoms with van der Waals surface area (Å²) in [6.07, 6.45) is 4.33. The van der Waals surface area contributed by atoms with Gasteiger partial charge in [0.15, 0.2) is 0 Å². The minimum atomic E-state index is -3.74. The lowest BCUT2D eigenvalue weighted by molar-refractivity contribution is 0.0698. The Labute approximate surface area is 124 Å². The van der Waals surface area contributed by atoms with Gasteiger partial charge in [-0.3, -0.25) is 4.79 Å². The van der Waals surface area contributed by atoms with Crippen molar-refractivity contribution in [2.24, 2.45) is 0 Å². The first-order valence-corrected chi connectivity index (χ1v) is 9.06. The summed E-state index contributed by atoms with van der Waals surface area (Å²) in [6, 6.07) is 6.02. The molecule has 1 amide bonds. The maximum Gasteiger partial charge on any atom is 0.261 e. The lowest BCUT2D eigenvalue weighted by Crippen LogP contribution is -2.38. The Morgan fingerprint density at radius 3 is 2.45 bits per heavy atom. The molecule has 1 atom stereocenters. The van der Waals surface area contributed by atoms with Gasteiger partial charge in [-0.15, -0.1) is 0 Å². The molecule has 0 bridgehead atoms. The van der Waals surface area contributed by atoms with Gasteiger partial charge in [-0.1, -0.05) is 12.8 Å². The molecule has 4 nitrogen and oxygen atoms in total. The van der Waals surface area contributed by atoms with Crippen LogP contribution in [0.3, 0.4) is 0 Å². The largest absolute Gasteiger partial charge is 0.336 e. The van der Waals surface area contributed by atoms with E-state index in [4.69, 9.17) is 10.7 Å². The fourth-order valence-electron chi connectivity index (χ4n) is 2.50. The molecule has 1 unspecified atom stereocenters. The summed E-state index contributed by atoms with van der Waals surface area (Å²) in [4.78, 5) is 14.4. The van der Waals surface area contributed by atoms with E-state index in [2.05, 4.69) is 6.92 Å². The van der Waals surface area contributed by atoms with Crippen LogP contribution >= 0.6 is 10.7 Å². The average molecular weight is 316 g/mol. The number of rotatable bonds is 2. The molecule has 0 aromatic heterocycles. The van der Waals surface area contributed by atoms with Gasteiger partial charge in [0, 0.05) is 28.8 Å². The molecule has 0 aliphatic carbocycles. The fraction of sp³-hybridized carbons (Fsp3) is 0.500. The van der Waals surface area contributed by atoms with Gasteiger partial charge in [-0.25, -0.2) is 8.42 Å². The van der Waals surface area contributed by atoms with Gasteiger partial charge < -0.3 is 4.90 Å². The summed E-state index contributed by atoms with van der Waals surface area (Å²) in [7, 11) is 1.52. The zero-order valence-corrected chi connectivity index (χ0v) is 13.0. The molecule has 0 saturated carbocycles. The van der Waals surface area contributed by atoms with Crippen LogP contribution < -0.4 is 0 Å². The van der Waals surface area contributed by atoms with Crippen molar-refractivity contribution in [3.63, 3.8) is 0 Å². The number of carbonyl (C=O) groups is 1. The van der Waals surface area contributed by atoms with E-state index in [1.54, 1.807) is 0 Å². The third-order valence-corrected chi connectivity index (χ3v) is 5.07. The predicted molar refractivity (Wildman–Crippen MR) is 78.4 cm³/mol. The third-order valence-electron chi connectivity index (χ3n) is 3.70. The first kappa shape index (κ1) is 15.3. The Bertz CT molecular complexity index is 583. The standard InChI is InChI=1S/C14H18ClNO3S/c1-11-5-3-2-4-10-16(11)14(17)12-6-8-13(9-7-12)20(15,18)19/h6-9,11H,2-5,10H2,1H3. The molecule has 20 heavy (non-hydrogen) atoms. The quantitative estimate of drug-likeness (QED) is 0.788. The van der Waals surface area contributed by atoms with E-state index in [-0.39, 0.29) is 16.8 Å². The number of likely N-dealkylation sites (tertiary alicyclic amines) is 1. The Morgan fingerprint density at radius 1 is 1.20 bits per heavy atom. The third kappa shape index (κ3) is 3.52. The van der Waals surface area contributed by atoms with E-state index >= 15 is 0 Å². The maximum absolute atomic E-state index is 12.5. The highest BCUT2D eigenvalue weighted by Gasteiger charge is 2.23. The van der Waals surface area contributed by atoms with E-state index in [0.29, 0.717) is 5.56 Å². The Morgan fingerprint density at radius 2 is 1.85 bits per heavy atom. The van der Waals surface area contributed by atoms with Gasteiger partial charge >= 0.3 is 0 Å². The Hall–Kier alpha value is -1.07. The Balaban J connectivity index is 2.20. The summed E-state index contributed by atoms with van der Waals surface area (Å²) >= 11 is 0. The lowest BCUT2D eigenvalue weighted by atomic mass is 10.1. The van der Waals surface area contributed by atoms with Gasteiger partial charge in [-0.2, -0.15) is 0 Å². The number of benzene rings is 1. The van der Waals surface area contributed by atoms with Crippen LogP contribution in [0.4, 0.5) is 0 Å². The number of hydrogen-bond donors (Lipinski definition) is 0. The summed E-state index contributed by atoms with van der Waals surface area (Å²) in [5.41, 5.74) is 0.503. The molecule has 2 rings (SSSR count). The maximum atomic E-state index is 12.5. The molecule has 1 fully saturated rings. The minimum Gasteiger partial charge on any atom is -0.336 e.